The fraction of sp³-hybridized carbons (Fsp3) is 0.773. The summed E-state index contributed by atoms with van der Waals surface area (Å²) in [7, 11) is 2.95. The van der Waals surface area contributed by atoms with Crippen LogP contribution in [0.1, 0.15) is 54.9 Å². The highest BCUT2D eigenvalue weighted by Crippen LogP contribution is 2.30. The van der Waals surface area contributed by atoms with Gasteiger partial charge in [0.2, 0.25) is 17.7 Å². The molecule has 1 saturated heterocycles. The van der Waals surface area contributed by atoms with Crippen molar-refractivity contribution >= 4 is 29.7 Å². The van der Waals surface area contributed by atoms with E-state index in [2.05, 4.69) is 10.6 Å². The van der Waals surface area contributed by atoms with Gasteiger partial charge in [-0.1, -0.05) is 34.6 Å². The Morgan fingerprint density at radius 1 is 1.03 bits per heavy atom. The van der Waals surface area contributed by atoms with Gasteiger partial charge in [0.25, 0.3) is 5.91 Å². The maximum atomic E-state index is 13.4. The van der Waals surface area contributed by atoms with Crippen molar-refractivity contribution < 1.29 is 29.2 Å². The summed E-state index contributed by atoms with van der Waals surface area (Å²) in [6, 6.07) is -1.48. The highest BCUT2D eigenvalue weighted by molar-refractivity contribution is 6.06. The molecular formula is C22H39N5O6. The van der Waals surface area contributed by atoms with Crippen LogP contribution in [0.15, 0.2) is 0 Å². The van der Waals surface area contributed by atoms with Crippen molar-refractivity contribution in [2.75, 3.05) is 20.6 Å². The quantitative estimate of drug-likeness (QED) is 0.222. The molecule has 0 aromatic heterocycles. The van der Waals surface area contributed by atoms with Crippen molar-refractivity contribution in [2.24, 2.45) is 23.2 Å². The molecule has 1 heterocycles. The van der Waals surface area contributed by atoms with Crippen molar-refractivity contribution in [2.45, 2.75) is 66.5 Å². The molecule has 33 heavy (non-hydrogen) atoms. The number of amides is 6. The third-order valence-electron chi connectivity index (χ3n) is 6.16. The number of hydrogen-bond donors (Lipinski definition) is 4. The van der Waals surface area contributed by atoms with Crippen LogP contribution in [0, 0.1) is 23.2 Å². The second kappa shape index (κ2) is 10.5. The van der Waals surface area contributed by atoms with Crippen LogP contribution in [0.2, 0.25) is 0 Å². The number of imide groups is 1. The van der Waals surface area contributed by atoms with E-state index >= 15 is 0 Å². The summed E-state index contributed by atoms with van der Waals surface area (Å²) in [5.41, 5.74) is -0.166. The molecule has 0 radical (unpaired) electrons. The van der Waals surface area contributed by atoms with Crippen molar-refractivity contribution in [3.05, 3.63) is 0 Å². The lowest BCUT2D eigenvalue weighted by molar-refractivity contribution is -0.144. The minimum absolute atomic E-state index is 0.0353. The Balaban J connectivity index is 3.37. The van der Waals surface area contributed by atoms with Gasteiger partial charge in [-0.25, -0.2) is 10.3 Å². The van der Waals surface area contributed by atoms with E-state index in [4.69, 9.17) is 0 Å². The summed E-state index contributed by atoms with van der Waals surface area (Å²) in [5.74, 6) is -4.64. The van der Waals surface area contributed by atoms with Gasteiger partial charge in [0, 0.05) is 20.6 Å². The molecule has 0 spiro atoms. The third-order valence-corrected chi connectivity index (χ3v) is 6.16. The largest absolute Gasteiger partial charge is 0.357 e. The lowest BCUT2D eigenvalue weighted by Crippen LogP contribution is -2.56. The van der Waals surface area contributed by atoms with E-state index < -0.39 is 58.5 Å². The normalized spacial score (nSPS) is 18.8. The first-order valence-corrected chi connectivity index (χ1v) is 11.1. The first kappa shape index (κ1) is 28.3. The Kier molecular flexibility index (Phi) is 9.01. The summed E-state index contributed by atoms with van der Waals surface area (Å²) in [6.45, 7) is 11.9. The van der Waals surface area contributed by atoms with E-state index in [1.165, 1.54) is 19.0 Å². The predicted molar refractivity (Wildman–Crippen MR) is 121 cm³/mol. The highest BCUT2D eigenvalue weighted by atomic mass is 16.5. The predicted octanol–water partition coefficient (Wildman–Crippen LogP) is 0.720. The van der Waals surface area contributed by atoms with E-state index in [9.17, 15) is 29.2 Å². The van der Waals surface area contributed by atoms with Crippen molar-refractivity contribution in [1.82, 2.24) is 25.9 Å². The van der Waals surface area contributed by atoms with Crippen LogP contribution < -0.4 is 16.1 Å². The van der Waals surface area contributed by atoms with Gasteiger partial charge in [-0.05, 0) is 31.6 Å². The molecule has 1 rings (SSSR count). The van der Waals surface area contributed by atoms with Crippen LogP contribution in [-0.2, 0) is 19.2 Å². The van der Waals surface area contributed by atoms with Gasteiger partial charge in [0.05, 0.1) is 11.8 Å². The van der Waals surface area contributed by atoms with Crippen LogP contribution in [0.25, 0.3) is 0 Å². The molecule has 3 atom stereocenters. The Labute approximate surface area is 195 Å². The number of hydroxylamine groups is 1. The second-order valence-electron chi connectivity index (χ2n) is 10.6. The zero-order valence-corrected chi connectivity index (χ0v) is 21.1. The number of nitrogens with zero attached hydrogens (tertiary/aromatic N) is 2. The topological polar surface area (TPSA) is 148 Å². The van der Waals surface area contributed by atoms with E-state index in [1.807, 2.05) is 13.8 Å². The van der Waals surface area contributed by atoms with E-state index in [-0.39, 0.29) is 18.9 Å². The molecule has 11 heteroatoms. The minimum atomic E-state index is -1.22. The molecule has 6 amide bonds. The Bertz CT molecular complexity index is 789. The van der Waals surface area contributed by atoms with Gasteiger partial charge in [0.1, 0.15) is 11.6 Å². The summed E-state index contributed by atoms with van der Waals surface area (Å²) in [5, 5.41) is 14.6. The summed E-state index contributed by atoms with van der Waals surface area (Å²) >= 11 is 0. The van der Waals surface area contributed by atoms with Crippen LogP contribution in [0.4, 0.5) is 4.79 Å². The Morgan fingerprint density at radius 2 is 1.58 bits per heavy atom. The molecule has 0 bridgehead atoms. The standard InChI is InChI=1S/C22H39N5O6/c1-12(2)10-13(16(28)24-15(18(30)23-8)21(3,4)5)14(17(29)25-33)11-27-19(31)22(6,7)26(9)20(27)32/h12-15,33H,10-11H2,1-9H3,(H,23,30)(H,24,28)(H,25,29)/t13-,14-,15+/m1/s1. The van der Waals surface area contributed by atoms with Gasteiger partial charge < -0.3 is 15.5 Å². The molecular weight excluding hydrogens is 430 g/mol. The average Bonchev–Trinajstić information content (AvgIpc) is 2.86. The monoisotopic (exact) mass is 469 g/mol. The number of hydrogen-bond acceptors (Lipinski definition) is 6. The molecule has 0 unspecified atom stereocenters. The average molecular weight is 470 g/mol. The lowest BCUT2D eigenvalue weighted by Gasteiger charge is -2.34. The van der Waals surface area contributed by atoms with Crippen LogP contribution >= 0.6 is 0 Å². The Morgan fingerprint density at radius 3 is 1.94 bits per heavy atom. The van der Waals surface area contributed by atoms with Crippen molar-refractivity contribution in [3.8, 4) is 0 Å². The van der Waals surface area contributed by atoms with E-state index in [0.717, 1.165) is 4.90 Å². The number of rotatable bonds is 9. The number of carbonyl (C=O) groups excluding carboxylic acids is 5. The van der Waals surface area contributed by atoms with Gasteiger partial charge >= 0.3 is 6.03 Å². The first-order chi connectivity index (χ1) is 15.0. The van der Waals surface area contributed by atoms with E-state index in [1.54, 1.807) is 40.1 Å². The fourth-order valence-electron chi connectivity index (χ4n) is 3.85. The summed E-state index contributed by atoms with van der Waals surface area (Å²) < 4.78 is 0. The molecule has 188 valence electrons. The molecule has 1 aliphatic rings. The highest BCUT2D eigenvalue weighted by Gasteiger charge is 2.51. The van der Waals surface area contributed by atoms with Crippen LogP contribution in [-0.4, -0.2) is 76.9 Å². The molecule has 1 aliphatic heterocycles. The zero-order chi connectivity index (χ0) is 25.9. The number of likely N-dealkylation sites (N-methyl/N-ethyl adjacent to an activating group) is 2. The summed E-state index contributed by atoms with van der Waals surface area (Å²) in [4.78, 5) is 66.3. The van der Waals surface area contributed by atoms with Crippen molar-refractivity contribution in [3.63, 3.8) is 0 Å². The molecule has 0 saturated carbocycles. The Hall–Kier alpha value is -2.69. The van der Waals surface area contributed by atoms with Gasteiger partial charge in [-0.3, -0.25) is 29.3 Å². The van der Waals surface area contributed by atoms with Gasteiger partial charge in [-0.2, -0.15) is 0 Å². The minimum Gasteiger partial charge on any atom is -0.357 e. The molecule has 0 aromatic carbocycles. The number of urea groups is 1. The third kappa shape index (κ3) is 6.21. The zero-order valence-electron chi connectivity index (χ0n) is 21.1. The number of nitrogens with one attached hydrogen (secondary N) is 3. The molecule has 0 aliphatic carbocycles. The fourth-order valence-corrected chi connectivity index (χ4v) is 3.85. The molecule has 4 N–H and O–H groups in total. The maximum Gasteiger partial charge on any atom is 0.327 e. The molecule has 1 fully saturated rings. The van der Waals surface area contributed by atoms with E-state index in [0.29, 0.717) is 0 Å². The lowest BCUT2D eigenvalue weighted by atomic mass is 9.81. The van der Waals surface area contributed by atoms with Gasteiger partial charge in [-0.15, -0.1) is 0 Å². The second-order valence-corrected chi connectivity index (χ2v) is 10.6. The number of carbonyl (C=O) groups is 5. The van der Waals surface area contributed by atoms with Crippen LogP contribution in [0.3, 0.4) is 0 Å². The SMILES string of the molecule is CNC(=O)[C@H](NC(=O)[C@H](CC(C)C)[C@@H](CN1C(=O)N(C)C(C)(C)C1=O)C(=O)NO)C(C)(C)C. The smallest absolute Gasteiger partial charge is 0.327 e. The molecule has 0 aromatic rings. The molecule has 11 nitrogen and oxygen atoms in total. The summed E-state index contributed by atoms with van der Waals surface area (Å²) in [6.07, 6.45) is 0.226. The first-order valence-electron chi connectivity index (χ1n) is 11.1. The van der Waals surface area contributed by atoms with Crippen LogP contribution in [0.5, 0.6) is 0 Å². The van der Waals surface area contributed by atoms with Crippen molar-refractivity contribution in [1.29, 1.82) is 0 Å². The maximum absolute atomic E-state index is 13.4. The van der Waals surface area contributed by atoms with Gasteiger partial charge in [0.15, 0.2) is 0 Å².